The molecule has 0 atom stereocenters. The Bertz CT molecular complexity index is 1400. The molecule has 0 saturated heterocycles. The Balaban J connectivity index is 1.45. The van der Waals surface area contributed by atoms with Crippen molar-refractivity contribution in [2.75, 3.05) is 6.61 Å². The van der Waals surface area contributed by atoms with E-state index in [9.17, 15) is 14.4 Å². The van der Waals surface area contributed by atoms with Gasteiger partial charge in [0.05, 0.1) is 17.9 Å². The summed E-state index contributed by atoms with van der Waals surface area (Å²) < 4.78 is 12.2. The Kier molecular flexibility index (Phi) is 7.55. The fourth-order valence-corrected chi connectivity index (χ4v) is 3.41. The molecule has 0 radical (unpaired) electrons. The van der Waals surface area contributed by atoms with Gasteiger partial charge in [0.2, 0.25) is 11.7 Å². The molecular formula is C28H25N3O5. The normalized spacial score (nSPS) is 10.9. The molecule has 1 amide bonds. The maximum Gasteiger partial charge on any atom is 0.331 e. The molecule has 0 fully saturated rings. The number of carbonyl (C=O) groups excluding carboxylic acids is 3. The van der Waals surface area contributed by atoms with Crippen LogP contribution in [0.25, 0.3) is 23.0 Å². The van der Waals surface area contributed by atoms with E-state index >= 15 is 0 Å². The van der Waals surface area contributed by atoms with E-state index in [0.717, 1.165) is 22.4 Å². The summed E-state index contributed by atoms with van der Waals surface area (Å²) in [7, 11) is 0. The minimum Gasteiger partial charge on any atom is -0.456 e. The van der Waals surface area contributed by atoms with Crippen LogP contribution in [0.2, 0.25) is 0 Å². The summed E-state index contributed by atoms with van der Waals surface area (Å²) in [5.74, 6) is -0.879. The highest BCUT2D eigenvalue weighted by molar-refractivity contribution is 5.97. The second-order valence-corrected chi connectivity index (χ2v) is 8.12. The van der Waals surface area contributed by atoms with Gasteiger partial charge in [0, 0.05) is 30.3 Å². The van der Waals surface area contributed by atoms with Gasteiger partial charge in [-0.25, -0.2) is 9.48 Å². The SMILES string of the molecule is CC(=O)NCc1ccc(C(=O)COC(=O)C=Cc2cn(-c3ccccc3)nc2-c2ccc(C)cc2)o1. The number of aryl methyl sites for hydroxylation is 1. The first-order valence-electron chi connectivity index (χ1n) is 11.3. The number of furan rings is 1. The molecule has 2 aromatic carbocycles. The summed E-state index contributed by atoms with van der Waals surface area (Å²) in [5, 5.41) is 7.30. The second-order valence-electron chi connectivity index (χ2n) is 8.12. The van der Waals surface area contributed by atoms with E-state index in [2.05, 4.69) is 5.32 Å². The lowest BCUT2D eigenvalue weighted by molar-refractivity contribution is -0.136. The lowest BCUT2D eigenvalue weighted by Gasteiger charge is -2.01. The van der Waals surface area contributed by atoms with Crippen LogP contribution in [0.4, 0.5) is 0 Å². The smallest absolute Gasteiger partial charge is 0.331 e. The Morgan fingerprint density at radius 2 is 1.78 bits per heavy atom. The van der Waals surface area contributed by atoms with Gasteiger partial charge in [0.1, 0.15) is 5.76 Å². The van der Waals surface area contributed by atoms with Crippen LogP contribution in [0.3, 0.4) is 0 Å². The largest absolute Gasteiger partial charge is 0.456 e. The van der Waals surface area contributed by atoms with Crippen molar-refractivity contribution in [3.63, 3.8) is 0 Å². The highest BCUT2D eigenvalue weighted by Crippen LogP contribution is 2.25. The number of amides is 1. The molecule has 182 valence electrons. The number of hydrogen-bond acceptors (Lipinski definition) is 6. The maximum atomic E-state index is 12.3. The average molecular weight is 484 g/mol. The summed E-state index contributed by atoms with van der Waals surface area (Å²) in [6.07, 6.45) is 4.72. The Morgan fingerprint density at radius 3 is 2.50 bits per heavy atom. The Hall–Kier alpha value is -4.72. The van der Waals surface area contributed by atoms with Crippen LogP contribution in [0.1, 0.15) is 34.4 Å². The number of aromatic nitrogens is 2. The van der Waals surface area contributed by atoms with Gasteiger partial charge in [-0.2, -0.15) is 5.10 Å². The highest BCUT2D eigenvalue weighted by Gasteiger charge is 2.14. The number of ether oxygens (including phenoxy) is 1. The fraction of sp³-hybridized carbons (Fsp3) is 0.143. The first kappa shape index (κ1) is 24.4. The number of nitrogens with zero attached hydrogens (tertiary/aromatic N) is 2. The topological polar surface area (TPSA) is 103 Å². The standard InChI is InChI=1S/C28H25N3O5/c1-19-8-10-21(11-9-19)28-22(17-31(30-28)23-6-4-3-5-7-23)12-15-27(34)35-18-25(33)26-14-13-24(36-26)16-29-20(2)32/h3-15,17H,16,18H2,1-2H3,(H,29,32). The van der Waals surface area contributed by atoms with E-state index in [4.69, 9.17) is 14.3 Å². The van der Waals surface area contributed by atoms with Crippen molar-refractivity contribution in [3.8, 4) is 16.9 Å². The van der Waals surface area contributed by atoms with Crippen molar-refractivity contribution in [1.29, 1.82) is 0 Å². The van der Waals surface area contributed by atoms with Crippen LogP contribution in [0.15, 0.2) is 83.4 Å². The number of para-hydroxylation sites is 1. The number of nitrogens with one attached hydrogen (secondary N) is 1. The molecule has 0 aliphatic rings. The average Bonchev–Trinajstić information content (AvgIpc) is 3.53. The number of benzene rings is 2. The van der Waals surface area contributed by atoms with E-state index in [-0.39, 0.29) is 18.2 Å². The zero-order valence-corrected chi connectivity index (χ0v) is 19.9. The third-order valence-corrected chi connectivity index (χ3v) is 5.28. The molecule has 2 heterocycles. The number of esters is 1. The van der Waals surface area contributed by atoms with Crippen molar-refractivity contribution >= 4 is 23.7 Å². The first-order valence-corrected chi connectivity index (χ1v) is 11.3. The van der Waals surface area contributed by atoms with E-state index in [1.807, 2.05) is 67.7 Å². The lowest BCUT2D eigenvalue weighted by atomic mass is 10.1. The predicted octanol–water partition coefficient (Wildman–Crippen LogP) is 4.52. The van der Waals surface area contributed by atoms with Gasteiger partial charge in [-0.1, -0.05) is 48.0 Å². The van der Waals surface area contributed by atoms with Crippen LogP contribution in [0.5, 0.6) is 0 Å². The van der Waals surface area contributed by atoms with Gasteiger partial charge in [-0.3, -0.25) is 9.59 Å². The van der Waals surface area contributed by atoms with E-state index in [0.29, 0.717) is 11.5 Å². The van der Waals surface area contributed by atoms with Crippen LogP contribution in [-0.4, -0.2) is 34.0 Å². The molecule has 0 bridgehead atoms. The number of ketones is 1. The Morgan fingerprint density at radius 1 is 1.03 bits per heavy atom. The molecule has 0 unspecified atom stereocenters. The van der Waals surface area contributed by atoms with Crippen LogP contribution in [-0.2, 0) is 20.9 Å². The molecule has 4 rings (SSSR count). The van der Waals surface area contributed by atoms with Gasteiger partial charge in [-0.15, -0.1) is 0 Å². The molecule has 8 heteroatoms. The van der Waals surface area contributed by atoms with Crippen molar-refractivity contribution in [1.82, 2.24) is 15.1 Å². The number of carbonyl (C=O) groups is 3. The first-order chi connectivity index (χ1) is 17.4. The maximum absolute atomic E-state index is 12.3. The minimum absolute atomic E-state index is 0.0536. The molecule has 0 spiro atoms. The molecule has 8 nitrogen and oxygen atoms in total. The number of Topliss-reactive ketones (excluding diaryl/α,β-unsaturated/α-hetero) is 1. The number of hydrogen-bond donors (Lipinski definition) is 1. The lowest BCUT2D eigenvalue weighted by Crippen LogP contribution is -2.18. The fourth-order valence-electron chi connectivity index (χ4n) is 3.41. The van der Waals surface area contributed by atoms with Crippen molar-refractivity contribution in [2.45, 2.75) is 20.4 Å². The van der Waals surface area contributed by atoms with Gasteiger partial charge >= 0.3 is 5.97 Å². The minimum atomic E-state index is -0.671. The summed E-state index contributed by atoms with van der Waals surface area (Å²) >= 11 is 0. The third-order valence-electron chi connectivity index (χ3n) is 5.28. The molecule has 0 aliphatic heterocycles. The summed E-state index contributed by atoms with van der Waals surface area (Å²) in [6.45, 7) is 3.10. The highest BCUT2D eigenvalue weighted by atomic mass is 16.5. The second kappa shape index (κ2) is 11.1. The third kappa shape index (κ3) is 6.24. The zero-order chi connectivity index (χ0) is 25.5. The van der Waals surface area contributed by atoms with Crippen LogP contribution < -0.4 is 5.32 Å². The summed E-state index contributed by atoms with van der Waals surface area (Å²) in [4.78, 5) is 35.6. The summed E-state index contributed by atoms with van der Waals surface area (Å²) in [5.41, 5.74) is 4.35. The van der Waals surface area contributed by atoms with Gasteiger partial charge in [0.25, 0.3) is 0 Å². The molecular weight excluding hydrogens is 458 g/mol. The van der Waals surface area contributed by atoms with Crippen LogP contribution >= 0.6 is 0 Å². The zero-order valence-electron chi connectivity index (χ0n) is 19.9. The van der Waals surface area contributed by atoms with Gasteiger partial charge in [0.15, 0.2) is 12.4 Å². The van der Waals surface area contributed by atoms with Crippen molar-refractivity contribution in [2.24, 2.45) is 0 Å². The molecule has 2 aromatic heterocycles. The molecule has 4 aromatic rings. The molecule has 0 aliphatic carbocycles. The predicted molar refractivity (Wildman–Crippen MR) is 134 cm³/mol. The van der Waals surface area contributed by atoms with E-state index in [1.54, 1.807) is 16.8 Å². The number of rotatable bonds is 9. The van der Waals surface area contributed by atoms with Crippen LogP contribution in [0, 0.1) is 6.92 Å². The monoisotopic (exact) mass is 483 g/mol. The molecule has 0 saturated carbocycles. The van der Waals surface area contributed by atoms with E-state index in [1.165, 1.54) is 19.1 Å². The quantitative estimate of drug-likeness (QED) is 0.213. The van der Waals surface area contributed by atoms with Gasteiger partial charge in [-0.05, 0) is 37.3 Å². The molecule has 36 heavy (non-hydrogen) atoms. The Labute approximate surface area is 208 Å². The van der Waals surface area contributed by atoms with Crippen molar-refractivity contribution < 1.29 is 23.5 Å². The van der Waals surface area contributed by atoms with Crippen molar-refractivity contribution in [3.05, 3.63) is 102 Å². The van der Waals surface area contributed by atoms with Gasteiger partial charge < -0.3 is 14.5 Å². The molecule has 1 N–H and O–H groups in total. The summed E-state index contributed by atoms with van der Waals surface area (Å²) in [6, 6.07) is 20.7. The van der Waals surface area contributed by atoms with E-state index < -0.39 is 18.4 Å².